The van der Waals surface area contributed by atoms with Crippen LogP contribution in [0.15, 0.2) is 52.4 Å². The van der Waals surface area contributed by atoms with Crippen molar-refractivity contribution < 1.29 is 19.1 Å². The molecule has 0 bridgehead atoms. The number of anilines is 2. The van der Waals surface area contributed by atoms with Gasteiger partial charge in [0, 0.05) is 17.1 Å². The molecule has 3 aromatic rings. The summed E-state index contributed by atoms with van der Waals surface area (Å²) in [6, 6.07) is 11.6. The highest BCUT2D eigenvalue weighted by molar-refractivity contribution is 7.99. The number of halogens is 1. The molecule has 33 heavy (non-hydrogen) atoms. The number of nitrogen functional groups attached to an aromatic ring is 1. The maximum atomic E-state index is 12.4. The van der Waals surface area contributed by atoms with Crippen molar-refractivity contribution in [2.75, 3.05) is 23.6 Å². The fraction of sp³-hybridized carbons (Fsp3) is 0.143. The molecule has 170 valence electrons. The molecule has 0 radical (unpaired) electrons. The number of rotatable bonds is 7. The zero-order chi connectivity index (χ0) is 23.4. The topological polar surface area (TPSA) is 148 Å². The van der Waals surface area contributed by atoms with Crippen molar-refractivity contribution in [3.8, 4) is 11.5 Å². The van der Waals surface area contributed by atoms with Gasteiger partial charge in [-0.2, -0.15) is 0 Å². The number of amides is 2. The molecule has 0 aliphatic carbocycles. The van der Waals surface area contributed by atoms with Crippen LogP contribution in [0, 0.1) is 0 Å². The van der Waals surface area contributed by atoms with Crippen LogP contribution in [0.1, 0.15) is 15.9 Å². The van der Waals surface area contributed by atoms with Gasteiger partial charge in [-0.25, -0.2) is 4.98 Å². The molecule has 12 heteroatoms. The van der Waals surface area contributed by atoms with Crippen LogP contribution in [0.25, 0.3) is 0 Å². The highest BCUT2D eigenvalue weighted by Gasteiger charge is 2.16. The van der Waals surface area contributed by atoms with E-state index >= 15 is 0 Å². The Balaban J connectivity index is 1.32. The number of hydrogen-bond acceptors (Lipinski definition) is 8. The number of thioether (sulfide) groups is 1. The average Bonchev–Trinajstić information content (AvgIpc) is 3.27. The normalized spacial score (nSPS) is 11.8. The number of ether oxygens (including phenoxy) is 2. The second-order valence-electron chi connectivity index (χ2n) is 6.85. The van der Waals surface area contributed by atoms with E-state index in [0.717, 1.165) is 17.3 Å². The molecule has 2 heterocycles. The van der Waals surface area contributed by atoms with E-state index in [-0.39, 0.29) is 35.1 Å². The SMILES string of the molecule is Nc1nc(SCC(=O)NCc2ccc3c(c2)OCO3)[nH]c(=O)c1NC(=O)c1ccc(Cl)cc1. The largest absolute Gasteiger partial charge is 0.454 e. The monoisotopic (exact) mass is 487 g/mol. The third kappa shape index (κ3) is 5.57. The van der Waals surface area contributed by atoms with Gasteiger partial charge in [0.1, 0.15) is 5.69 Å². The lowest BCUT2D eigenvalue weighted by Gasteiger charge is -2.09. The summed E-state index contributed by atoms with van der Waals surface area (Å²) in [6.45, 7) is 0.484. The summed E-state index contributed by atoms with van der Waals surface area (Å²) < 4.78 is 10.6. The molecule has 0 unspecified atom stereocenters. The van der Waals surface area contributed by atoms with Gasteiger partial charge in [-0.3, -0.25) is 19.4 Å². The van der Waals surface area contributed by atoms with E-state index in [1.54, 1.807) is 24.3 Å². The number of fused-ring (bicyclic) bond motifs is 1. The summed E-state index contributed by atoms with van der Waals surface area (Å²) in [5, 5.41) is 5.85. The number of H-pyrrole nitrogens is 1. The lowest BCUT2D eigenvalue weighted by Crippen LogP contribution is -2.25. The van der Waals surface area contributed by atoms with Gasteiger partial charge in [0.25, 0.3) is 11.5 Å². The highest BCUT2D eigenvalue weighted by Crippen LogP contribution is 2.32. The predicted molar refractivity (Wildman–Crippen MR) is 124 cm³/mol. The first-order chi connectivity index (χ1) is 15.9. The summed E-state index contributed by atoms with van der Waals surface area (Å²) in [5.74, 6) is 0.346. The van der Waals surface area contributed by atoms with Gasteiger partial charge in [-0.05, 0) is 42.0 Å². The Morgan fingerprint density at radius 2 is 1.91 bits per heavy atom. The Kier molecular flexibility index (Phi) is 6.71. The third-order valence-corrected chi connectivity index (χ3v) is 5.66. The zero-order valence-electron chi connectivity index (χ0n) is 17.0. The summed E-state index contributed by atoms with van der Waals surface area (Å²) in [5.41, 5.74) is 6.21. The maximum Gasteiger partial charge on any atom is 0.277 e. The lowest BCUT2D eigenvalue weighted by molar-refractivity contribution is -0.118. The standard InChI is InChI=1S/C21H18ClN5O5S/c22-13-4-2-12(3-5-13)19(29)25-17-18(23)26-21(27-20(17)30)33-9-16(28)24-8-11-1-6-14-15(7-11)32-10-31-14/h1-7H,8-10H2,(H,24,28)(H,25,29)(H3,23,26,27,30). The molecule has 0 fully saturated rings. The Labute approximate surface area is 196 Å². The van der Waals surface area contributed by atoms with Crippen molar-refractivity contribution in [3.05, 3.63) is 69.0 Å². The van der Waals surface area contributed by atoms with E-state index in [0.29, 0.717) is 28.6 Å². The first kappa shape index (κ1) is 22.5. The summed E-state index contributed by atoms with van der Waals surface area (Å²) in [6.07, 6.45) is 0. The Morgan fingerprint density at radius 3 is 2.67 bits per heavy atom. The number of benzene rings is 2. The van der Waals surface area contributed by atoms with Crippen LogP contribution in [0.3, 0.4) is 0 Å². The summed E-state index contributed by atoms with van der Waals surface area (Å²) in [7, 11) is 0. The van der Waals surface area contributed by atoms with Gasteiger partial charge < -0.3 is 25.8 Å². The first-order valence-electron chi connectivity index (χ1n) is 9.64. The molecular formula is C21H18ClN5O5S. The molecule has 5 N–H and O–H groups in total. The molecule has 10 nitrogen and oxygen atoms in total. The molecule has 2 aromatic carbocycles. The van der Waals surface area contributed by atoms with E-state index in [9.17, 15) is 14.4 Å². The summed E-state index contributed by atoms with van der Waals surface area (Å²) >= 11 is 6.82. The highest BCUT2D eigenvalue weighted by atomic mass is 35.5. The maximum absolute atomic E-state index is 12.4. The third-order valence-electron chi connectivity index (χ3n) is 4.54. The fourth-order valence-corrected chi connectivity index (χ4v) is 3.71. The summed E-state index contributed by atoms with van der Waals surface area (Å²) in [4.78, 5) is 43.5. The van der Waals surface area contributed by atoms with E-state index in [1.807, 2.05) is 6.07 Å². The van der Waals surface area contributed by atoms with Crippen molar-refractivity contribution in [1.82, 2.24) is 15.3 Å². The number of nitrogens with one attached hydrogen (secondary N) is 3. The number of nitrogens with two attached hydrogens (primary N) is 1. The Hall–Kier alpha value is -3.70. The van der Waals surface area contributed by atoms with E-state index in [2.05, 4.69) is 20.6 Å². The number of aromatic amines is 1. The molecule has 1 aliphatic rings. The molecule has 1 aromatic heterocycles. The van der Waals surface area contributed by atoms with Crippen LogP contribution < -0.4 is 31.4 Å². The molecule has 0 saturated carbocycles. The fourth-order valence-electron chi connectivity index (χ4n) is 2.88. The molecule has 0 atom stereocenters. The van der Waals surface area contributed by atoms with Gasteiger partial charge in [-0.15, -0.1) is 0 Å². The lowest BCUT2D eigenvalue weighted by atomic mass is 10.2. The van der Waals surface area contributed by atoms with Crippen molar-refractivity contribution in [2.45, 2.75) is 11.7 Å². The quantitative estimate of drug-likeness (QED) is 0.293. The molecule has 2 amide bonds. The first-order valence-corrected chi connectivity index (χ1v) is 11.0. The van der Waals surface area contributed by atoms with Crippen LogP contribution in [0.5, 0.6) is 11.5 Å². The number of hydrogen-bond donors (Lipinski definition) is 4. The van der Waals surface area contributed by atoms with Crippen LogP contribution in [0.4, 0.5) is 11.5 Å². The number of nitrogens with zero attached hydrogens (tertiary/aromatic N) is 1. The van der Waals surface area contributed by atoms with Gasteiger partial charge in [0.05, 0.1) is 5.75 Å². The molecule has 4 rings (SSSR count). The van der Waals surface area contributed by atoms with Gasteiger partial charge >= 0.3 is 0 Å². The van der Waals surface area contributed by atoms with Crippen molar-refractivity contribution >= 4 is 46.7 Å². The minimum atomic E-state index is -0.631. The van der Waals surface area contributed by atoms with Crippen molar-refractivity contribution in [2.24, 2.45) is 0 Å². The van der Waals surface area contributed by atoms with Crippen molar-refractivity contribution in [3.63, 3.8) is 0 Å². The van der Waals surface area contributed by atoms with Crippen LogP contribution in [0.2, 0.25) is 5.02 Å². The molecular weight excluding hydrogens is 470 g/mol. The van der Waals surface area contributed by atoms with E-state index in [4.69, 9.17) is 26.8 Å². The van der Waals surface area contributed by atoms with Crippen LogP contribution >= 0.6 is 23.4 Å². The minimum absolute atomic E-state index is 0.00339. The number of carbonyl (C=O) groups is 2. The molecule has 0 spiro atoms. The average molecular weight is 488 g/mol. The van der Waals surface area contributed by atoms with Gasteiger partial charge in [-0.1, -0.05) is 29.4 Å². The van der Waals surface area contributed by atoms with E-state index < -0.39 is 11.5 Å². The van der Waals surface area contributed by atoms with Crippen LogP contribution in [-0.4, -0.2) is 34.3 Å². The Bertz CT molecular complexity index is 1260. The second kappa shape index (κ2) is 9.84. The molecule has 0 saturated heterocycles. The van der Waals surface area contributed by atoms with Crippen molar-refractivity contribution in [1.29, 1.82) is 0 Å². The Morgan fingerprint density at radius 1 is 1.15 bits per heavy atom. The smallest absolute Gasteiger partial charge is 0.277 e. The number of aromatic nitrogens is 2. The van der Waals surface area contributed by atoms with Gasteiger partial charge in [0.2, 0.25) is 12.7 Å². The van der Waals surface area contributed by atoms with Crippen LogP contribution in [-0.2, 0) is 11.3 Å². The minimum Gasteiger partial charge on any atom is -0.454 e. The number of carbonyl (C=O) groups excluding carboxylic acids is 2. The van der Waals surface area contributed by atoms with E-state index in [1.165, 1.54) is 12.1 Å². The second-order valence-corrected chi connectivity index (χ2v) is 8.25. The predicted octanol–water partition coefficient (Wildman–Crippen LogP) is 2.39. The zero-order valence-corrected chi connectivity index (χ0v) is 18.6. The molecule has 1 aliphatic heterocycles. The van der Waals surface area contributed by atoms with Gasteiger partial charge in [0.15, 0.2) is 22.5 Å².